The number of esters is 2. The molecule has 1 rings (SSSR count). The molecule has 0 radical (unpaired) electrons. The van der Waals surface area contributed by atoms with E-state index in [4.69, 9.17) is 11.6 Å². The van der Waals surface area contributed by atoms with Crippen LogP contribution >= 0.6 is 11.6 Å². The summed E-state index contributed by atoms with van der Waals surface area (Å²) >= 11 is 5.62. The topological polar surface area (TPSA) is 52.6 Å². The zero-order valence-electron chi connectivity index (χ0n) is 9.91. The molecule has 1 aromatic carbocycles. The SMILES string of the molecule is COC(=O)C(Cc1ccc(F)c(Cl)c1)C(=O)OC. The van der Waals surface area contributed by atoms with Crippen molar-refractivity contribution >= 4 is 23.5 Å². The molecular weight excluding hydrogens is 263 g/mol. The van der Waals surface area contributed by atoms with Crippen molar-refractivity contribution < 1.29 is 23.5 Å². The number of hydrogen-bond acceptors (Lipinski definition) is 4. The fourth-order valence-corrected chi connectivity index (χ4v) is 1.65. The quantitative estimate of drug-likeness (QED) is 0.622. The Balaban J connectivity index is 2.92. The van der Waals surface area contributed by atoms with Crippen LogP contribution < -0.4 is 0 Å². The maximum absolute atomic E-state index is 13.0. The Morgan fingerprint density at radius 1 is 1.28 bits per heavy atom. The number of halogens is 2. The Hall–Kier alpha value is -1.62. The lowest BCUT2D eigenvalue weighted by Crippen LogP contribution is -2.28. The molecule has 0 saturated carbocycles. The fraction of sp³-hybridized carbons (Fsp3) is 0.333. The molecule has 0 N–H and O–H groups in total. The second-order valence-corrected chi connectivity index (χ2v) is 3.96. The van der Waals surface area contributed by atoms with Gasteiger partial charge in [-0.1, -0.05) is 17.7 Å². The lowest BCUT2D eigenvalue weighted by molar-refractivity contribution is -0.158. The van der Waals surface area contributed by atoms with Crippen LogP contribution in [0.4, 0.5) is 4.39 Å². The minimum absolute atomic E-state index is 0.0410. The number of carbonyl (C=O) groups excluding carboxylic acids is 2. The van der Waals surface area contributed by atoms with Crippen LogP contribution in [0, 0.1) is 11.7 Å². The van der Waals surface area contributed by atoms with Gasteiger partial charge in [-0.25, -0.2) is 4.39 Å². The fourth-order valence-electron chi connectivity index (χ4n) is 1.45. The van der Waals surface area contributed by atoms with E-state index >= 15 is 0 Å². The smallest absolute Gasteiger partial charge is 0.320 e. The molecule has 18 heavy (non-hydrogen) atoms. The molecule has 0 aliphatic carbocycles. The summed E-state index contributed by atoms with van der Waals surface area (Å²) in [6.07, 6.45) is 0.0410. The molecular formula is C12H12ClFO4. The predicted octanol–water partition coefficient (Wildman–Crippen LogP) is 1.98. The Bertz CT molecular complexity index is 445. The van der Waals surface area contributed by atoms with Gasteiger partial charge in [-0.3, -0.25) is 9.59 Å². The molecule has 0 fully saturated rings. The molecule has 0 amide bonds. The lowest BCUT2D eigenvalue weighted by Gasteiger charge is -2.12. The number of methoxy groups -OCH3 is 2. The van der Waals surface area contributed by atoms with Crippen LogP contribution in [0.25, 0.3) is 0 Å². The summed E-state index contributed by atoms with van der Waals surface area (Å²) in [5, 5.41) is -0.0685. The number of ether oxygens (including phenoxy) is 2. The second-order valence-electron chi connectivity index (χ2n) is 3.55. The average molecular weight is 275 g/mol. The Morgan fingerprint density at radius 3 is 2.28 bits per heavy atom. The van der Waals surface area contributed by atoms with Crippen LogP contribution in [0.2, 0.25) is 5.02 Å². The van der Waals surface area contributed by atoms with Gasteiger partial charge in [0.15, 0.2) is 5.92 Å². The van der Waals surface area contributed by atoms with Gasteiger partial charge in [0.25, 0.3) is 0 Å². The first-order valence-corrected chi connectivity index (χ1v) is 5.47. The highest BCUT2D eigenvalue weighted by atomic mass is 35.5. The summed E-state index contributed by atoms with van der Waals surface area (Å²) in [4.78, 5) is 22.9. The molecule has 0 aliphatic rings. The van der Waals surface area contributed by atoms with Gasteiger partial charge >= 0.3 is 11.9 Å². The number of rotatable bonds is 4. The molecule has 98 valence electrons. The van der Waals surface area contributed by atoms with Crippen molar-refractivity contribution in [3.05, 3.63) is 34.6 Å². The molecule has 0 aromatic heterocycles. The van der Waals surface area contributed by atoms with Gasteiger partial charge < -0.3 is 9.47 Å². The molecule has 0 bridgehead atoms. The second kappa shape index (κ2) is 6.35. The zero-order valence-corrected chi connectivity index (χ0v) is 10.7. The summed E-state index contributed by atoms with van der Waals surface area (Å²) in [7, 11) is 2.35. The number of hydrogen-bond donors (Lipinski definition) is 0. The van der Waals surface area contributed by atoms with Gasteiger partial charge in [0.05, 0.1) is 19.2 Å². The van der Waals surface area contributed by atoms with Crippen molar-refractivity contribution in [2.24, 2.45) is 5.92 Å². The van der Waals surface area contributed by atoms with E-state index in [1.807, 2.05) is 0 Å². The molecule has 4 nitrogen and oxygen atoms in total. The normalized spacial score (nSPS) is 10.3. The van der Waals surface area contributed by atoms with E-state index in [2.05, 4.69) is 9.47 Å². The van der Waals surface area contributed by atoms with E-state index in [9.17, 15) is 14.0 Å². The van der Waals surface area contributed by atoms with Gasteiger partial charge in [-0.2, -0.15) is 0 Å². The highest BCUT2D eigenvalue weighted by molar-refractivity contribution is 6.30. The minimum Gasteiger partial charge on any atom is -0.468 e. The summed E-state index contributed by atoms with van der Waals surface area (Å²) in [5.74, 6) is -3.06. The third-order valence-electron chi connectivity index (χ3n) is 2.40. The lowest BCUT2D eigenvalue weighted by atomic mass is 9.99. The largest absolute Gasteiger partial charge is 0.468 e. The monoisotopic (exact) mass is 274 g/mol. The van der Waals surface area contributed by atoms with E-state index < -0.39 is 23.7 Å². The number of carbonyl (C=O) groups is 2. The standard InChI is InChI=1S/C12H12ClFO4/c1-17-11(15)8(12(16)18-2)5-7-3-4-10(14)9(13)6-7/h3-4,6,8H,5H2,1-2H3. The molecule has 0 atom stereocenters. The van der Waals surface area contributed by atoms with Crippen molar-refractivity contribution in [1.82, 2.24) is 0 Å². The maximum atomic E-state index is 13.0. The molecule has 6 heteroatoms. The Morgan fingerprint density at radius 2 is 1.83 bits per heavy atom. The van der Waals surface area contributed by atoms with Gasteiger partial charge in [-0.05, 0) is 24.1 Å². The third-order valence-corrected chi connectivity index (χ3v) is 2.68. The average Bonchev–Trinajstić information content (AvgIpc) is 2.38. The van der Waals surface area contributed by atoms with E-state index in [1.54, 1.807) is 0 Å². The molecule has 1 aromatic rings. The first kappa shape index (κ1) is 14.4. The van der Waals surface area contributed by atoms with Crippen LogP contribution in [0.3, 0.4) is 0 Å². The highest BCUT2D eigenvalue weighted by Gasteiger charge is 2.28. The summed E-state index contributed by atoms with van der Waals surface area (Å²) in [5.41, 5.74) is 0.544. The van der Waals surface area contributed by atoms with Gasteiger partial charge in [0, 0.05) is 0 Å². The highest BCUT2D eigenvalue weighted by Crippen LogP contribution is 2.19. The zero-order chi connectivity index (χ0) is 13.7. The summed E-state index contributed by atoms with van der Waals surface area (Å²) in [6, 6.07) is 3.97. The van der Waals surface area contributed by atoms with Crippen LogP contribution in [0.5, 0.6) is 0 Å². The Labute approximate surface area is 109 Å². The van der Waals surface area contributed by atoms with Gasteiger partial charge in [0.1, 0.15) is 5.82 Å². The molecule has 0 unspecified atom stereocenters. The summed E-state index contributed by atoms with van der Waals surface area (Å²) in [6.45, 7) is 0. The van der Waals surface area contributed by atoms with E-state index in [-0.39, 0.29) is 11.4 Å². The molecule has 0 aliphatic heterocycles. The minimum atomic E-state index is -1.08. The van der Waals surface area contributed by atoms with Crippen molar-refractivity contribution in [3.8, 4) is 0 Å². The molecule has 0 heterocycles. The van der Waals surface area contributed by atoms with Crippen molar-refractivity contribution in [2.45, 2.75) is 6.42 Å². The molecule has 0 spiro atoms. The number of benzene rings is 1. The maximum Gasteiger partial charge on any atom is 0.320 e. The van der Waals surface area contributed by atoms with E-state index in [0.29, 0.717) is 5.56 Å². The van der Waals surface area contributed by atoms with E-state index in [0.717, 1.165) is 0 Å². The predicted molar refractivity (Wildman–Crippen MR) is 62.6 cm³/mol. The van der Waals surface area contributed by atoms with Gasteiger partial charge in [0.2, 0.25) is 0 Å². The summed E-state index contributed by atoms with van der Waals surface area (Å²) < 4.78 is 22.0. The van der Waals surface area contributed by atoms with Crippen LogP contribution in [0.15, 0.2) is 18.2 Å². The van der Waals surface area contributed by atoms with Crippen LogP contribution in [-0.2, 0) is 25.5 Å². The first-order chi connectivity index (χ1) is 8.49. The van der Waals surface area contributed by atoms with Crippen molar-refractivity contribution in [2.75, 3.05) is 14.2 Å². The van der Waals surface area contributed by atoms with Gasteiger partial charge in [-0.15, -0.1) is 0 Å². The van der Waals surface area contributed by atoms with Crippen LogP contribution in [0.1, 0.15) is 5.56 Å². The first-order valence-electron chi connectivity index (χ1n) is 5.09. The Kier molecular flexibility index (Phi) is 5.09. The molecule has 0 saturated heterocycles. The third kappa shape index (κ3) is 3.43. The van der Waals surface area contributed by atoms with E-state index in [1.165, 1.54) is 32.4 Å². The van der Waals surface area contributed by atoms with Crippen molar-refractivity contribution in [3.63, 3.8) is 0 Å². The van der Waals surface area contributed by atoms with Crippen LogP contribution in [-0.4, -0.2) is 26.2 Å². The van der Waals surface area contributed by atoms with Crippen molar-refractivity contribution in [1.29, 1.82) is 0 Å².